The molecule has 0 bridgehead atoms. The molecule has 3 rings (SSSR count). The van der Waals surface area contributed by atoms with Crippen LogP contribution in [0, 0.1) is 0 Å². The maximum Gasteiger partial charge on any atom is 0.339 e. The van der Waals surface area contributed by atoms with E-state index in [0.717, 1.165) is 49.8 Å². The van der Waals surface area contributed by atoms with Gasteiger partial charge in [-0.25, -0.2) is 14.4 Å². The van der Waals surface area contributed by atoms with Crippen molar-refractivity contribution in [1.82, 2.24) is 0 Å². The first-order valence-electron chi connectivity index (χ1n) is 16.9. The van der Waals surface area contributed by atoms with E-state index in [1.807, 2.05) is 54.6 Å². The molecule has 332 valence electrons. The zero-order valence-electron chi connectivity index (χ0n) is 33.2. The van der Waals surface area contributed by atoms with Gasteiger partial charge in [-0.3, -0.25) is 0 Å². The molecule has 0 aliphatic carbocycles. The quantitative estimate of drug-likeness (QED) is 0.0425. The van der Waals surface area contributed by atoms with E-state index in [2.05, 4.69) is 131 Å². The summed E-state index contributed by atoms with van der Waals surface area (Å²) in [7, 11) is 5.61. The van der Waals surface area contributed by atoms with Crippen molar-refractivity contribution in [2.75, 3.05) is 59.9 Å². The van der Waals surface area contributed by atoms with E-state index in [0.29, 0.717) is 28.8 Å². The number of aliphatic hydroxyl groups excluding tert-OH is 1. The van der Waals surface area contributed by atoms with Gasteiger partial charge in [0.2, 0.25) is 0 Å². The third kappa shape index (κ3) is 26.5. The second-order valence-corrected chi connectivity index (χ2v) is 29.1. The normalized spacial score (nSPS) is 11.0. The van der Waals surface area contributed by atoms with Gasteiger partial charge in [0.15, 0.2) is 0 Å². The van der Waals surface area contributed by atoms with Crippen LogP contribution in [0.15, 0.2) is 105 Å². The maximum atomic E-state index is 12.1. The van der Waals surface area contributed by atoms with E-state index in [4.69, 9.17) is 9.47 Å². The minimum absolute atomic E-state index is 0. The van der Waals surface area contributed by atoms with Crippen LogP contribution in [0.25, 0.3) is 12.2 Å². The van der Waals surface area contributed by atoms with Gasteiger partial charge in [0, 0.05) is 19.8 Å². The van der Waals surface area contributed by atoms with Gasteiger partial charge in [-0.1, -0.05) is 98.2 Å². The van der Waals surface area contributed by atoms with Crippen LogP contribution in [0.3, 0.4) is 0 Å². The summed E-state index contributed by atoms with van der Waals surface area (Å²) >= 11 is 19.5. The predicted octanol–water partition coefficient (Wildman–Crippen LogP) is 10.4. The Kier molecular flexibility index (Phi) is 40.4. The Morgan fingerprint density at radius 1 is 0.712 bits per heavy atom. The molecule has 0 saturated heterocycles. The van der Waals surface area contributed by atoms with E-state index in [1.54, 1.807) is 37.5 Å². The molecule has 0 aliphatic heterocycles. The van der Waals surface area contributed by atoms with Gasteiger partial charge in [-0.05, 0) is 132 Å². The van der Waals surface area contributed by atoms with Crippen LogP contribution in [0.4, 0.5) is 0 Å². The smallest absolute Gasteiger partial charge is 0.339 e. The molecule has 1 atom stereocenters. The Balaban J connectivity index is -0.000000363. The van der Waals surface area contributed by atoms with Gasteiger partial charge >= 0.3 is 17.9 Å². The molecular formula is C41H54Br8NO8P. The van der Waals surface area contributed by atoms with Crippen LogP contribution in [-0.2, 0) is 28.6 Å². The number of nitrogens with zero attached hydrogens (tertiary/aromatic N) is 1. The van der Waals surface area contributed by atoms with Crippen molar-refractivity contribution >= 4 is 145 Å². The molecule has 59 heavy (non-hydrogen) atoms. The molecule has 0 heterocycles. The van der Waals surface area contributed by atoms with E-state index < -0.39 is 12.1 Å². The number of likely N-dealkylation sites (N-methyl/N-ethyl adjacent to an activating group) is 1. The Morgan fingerprint density at radius 2 is 1.07 bits per heavy atom. The first-order valence-corrected chi connectivity index (χ1v) is 27.0. The molecule has 3 aromatic carbocycles. The predicted molar refractivity (Wildman–Crippen MR) is 269 cm³/mol. The van der Waals surface area contributed by atoms with Crippen molar-refractivity contribution < 1.29 is 59.9 Å². The summed E-state index contributed by atoms with van der Waals surface area (Å²) in [6.45, 7) is 13.7. The highest BCUT2D eigenvalue weighted by molar-refractivity contribution is 9.93. The number of ether oxygens (including phenoxy) is 4. The van der Waals surface area contributed by atoms with Crippen LogP contribution in [-0.4, -0.2) is 87.4 Å². The second-order valence-electron chi connectivity index (χ2n) is 11.4. The van der Waals surface area contributed by atoms with E-state index >= 15 is 0 Å². The Labute approximate surface area is 422 Å². The number of halogens is 8. The summed E-state index contributed by atoms with van der Waals surface area (Å²) in [5.74, 6) is -0.492. The number of benzene rings is 3. The lowest BCUT2D eigenvalue weighted by Gasteiger charge is -2.36. The molecule has 0 spiro atoms. The molecule has 3 aromatic rings. The van der Waals surface area contributed by atoms with Crippen LogP contribution in [0.2, 0.25) is 0 Å². The van der Waals surface area contributed by atoms with Gasteiger partial charge in [0.1, 0.15) is 22.4 Å². The summed E-state index contributed by atoms with van der Waals surface area (Å²) in [5.41, 5.74) is 3.88. The van der Waals surface area contributed by atoms with Crippen LogP contribution in [0.1, 0.15) is 51.0 Å². The summed E-state index contributed by atoms with van der Waals surface area (Å²) in [5, 5.41) is 10.3. The topological polar surface area (TPSA) is 108 Å². The Morgan fingerprint density at radius 3 is 1.39 bits per heavy atom. The average Bonchev–Trinajstić information content (AvgIpc) is 3.21. The van der Waals surface area contributed by atoms with Crippen molar-refractivity contribution in [3.63, 3.8) is 0 Å². The van der Waals surface area contributed by atoms with Crippen molar-refractivity contribution in [2.45, 2.75) is 34.3 Å². The molecule has 0 aliphatic rings. The number of quaternary nitrogens is 1. The molecule has 18 heteroatoms. The number of hydrogen-bond donors (Lipinski definition) is 1. The number of carbonyl (C=O) groups is 3. The van der Waals surface area contributed by atoms with Crippen molar-refractivity contribution in [3.8, 4) is 5.75 Å². The first kappa shape index (κ1) is 64.9. The summed E-state index contributed by atoms with van der Waals surface area (Å²) in [4.78, 5) is 34.5. The average molecular weight is 1360 g/mol. The lowest BCUT2D eigenvalue weighted by atomic mass is 10.0. The third-order valence-corrected chi connectivity index (χ3v) is 9.85. The molecule has 0 radical (unpaired) electrons. The number of esters is 3. The summed E-state index contributed by atoms with van der Waals surface area (Å²) < 4.78 is 21.8. The molecular weight excluding hydrogens is 1300 g/mol. The maximum absolute atomic E-state index is 12.1. The number of methoxy groups -OCH3 is 4. The lowest BCUT2D eigenvalue weighted by Crippen LogP contribution is -3.00. The number of alkyl halides is 1. The zero-order valence-corrected chi connectivity index (χ0v) is 46.9. The molecule has 0 aromatic heterocycles. The van der Waals surface area contributed by atoms with Crippen LogP contribution >= 0.6 is 115 Å². The van der Waals surface area contributed by atoms with Gasteiger partial charge in [0.25, 0.3) is 0 Å². The standard InChI is InChI=1S/C17H25BrNO2.C12H14O4.C11H10Br2O2.CH4.Br3P.2BrH/c1-5-19(6-2,7-3)13-15(17(20)21-4)12-14-8-10-16(18)11-9-14;1-8(12(14)16-3)11(13)9-4-6-10(15-2)7-5-9;1-15-11(14)9(7-12)6-8-2-4-10(13)5-3-8;;1-4(2)3;;/h8-12H,5-7,13H2,1-4H3;4-7,11,13H,1H2,2-3H3;2-6H,7H2,1H3;1H4;;2*1H/q+1;;;;;;/p-1/b15-12-;;9-6-;;;;. The van der Waals surface area contributed by atoms with E-state index in [1.165, 1.54) is 21.3 Å². The largest absolute Gasteiger partial charge is 1.00 e. The highest BCUT2D eigenvalue weighted by Gasteiger charge is 2.26. The first-order chi connectivity index (χ1) is 26.5. The fraction of sp³-hybridized carbons (Fsp3) is 0.341. The van der Waals surface area contributed by atoms with Gasteiger partial charge in [-0.2, -0.15) is 0 Å². The molecule has 0 amide bonds. The van der Waals surface area contributed by atoms with Crippen LogP contribution in [0.5, 0.6) is 5.75 Å². The van der Waals surface area contributed by atoms with Crippen molar-refractivity contribution in [3.05, 3.63) is 122 Å². The monoisotopic (exact) mass is 1350 g/mol. The van der Waals surface area contributed by atoms with Crippen LogP contribution < -0.4 is 21.7 Å². The molecule has 1 N–H and O–H groups in total. The lowest BCUT2D eigenvalue weighted by molar-refractivity contribution is -0.918. The zero-order chi connectivity index (χ0) is 42.8. The number of rotatable bonds is 14. The minimum atomic E-state index is -1.06. The third-order valence-electron chi connectivity index (χ3n) is 8.19. The molecule has 1 unspecified atom stereocenters. The number of hydrogen-bond acceptors (Lipinski definition) is 8. The van der Waals surface area contributed by atoms with Gasteiger partial charge in [-0.15, -0.1) is 17.0 Å². The van der Waals surface area contributed by atoms with Gasteiger partial charge < -0.3 is 45.5 Å². The summed E-state index contributed by atoms with van der Waals surface area (Å²) in [6.07, 6.45) is 2.68. The van der Waals surface area contributed by atoms with E-state index in [-0.39, 0.29) is 62.9 Å². The minimum Gasteiger partial charge on any atom is -1.00 e. The highest BCUT2D eigenvalue weighted by atomic mass is 80.0. The Bertz CT molecular complexity index is 1690. The summed E-state index contributed by atoms with van der Waals surface area (Å²) in [6, 6.07) is 22.4. The van der Waals surface area contributed by atoms with Gasteiger partial charge in [0.05, 0.1) is 59.2 Å². The highest BCUT2D eigenvalue weighted by Crippen LogP contribution is 2.59. The fourth-order valence-electron chi connectivity index (χ4n) is 4.70. The molecule has 9 nitrogen and oxygen atoms in total. The molecule has 0 fully saturated rings. The SMILES string of the molecule is Br.BrP(Br)Br.C.C=C(C(=O)OC)C(O)c1ccc(OC)cc1.CC[N+](CC)(CC)C/C(=C/c1ccc(Br)cc1)C(=O)OC.COC(=O)/C(=C\c1ccc(Br)cc1)CBr.[Br-]. The second kappa shape index (κ2) is 36.7. The molecule has 0 saturated carbocycles. The number of carbonyl (C=O) groups excluding carboxylic acids is 3. The van der Waals surface area contributed by atoms with Crippen molar-refractivity contribution in [2.24, 2.45) is 0 Å². The van der Waals surface area contributed by atoms with Crippen molar-refractivity contribution in [1.29, 1.82) is 0 Å². The number of aliphatic hydroxyl groups is 1. The Hall–Kier alpha value is -0.720. The van der Waals surface area contributed by atoms with E-state index in [9.17, 15) is 19.5 Å². The fourth-order valence-corrected chi connectivity index (χ4v) is 5.62.